The molecule has 0 aliphatic carbocycles. The SMILES string of the molecule is CCCCCCCCCCCCCCCCCCCCCCC(=O)OC[C@H](COP(=O)([O-])OCC[N+](C)(C)C)OC(=O)CCC. The van der Waals surface area contributed by atoms with Crippen LogP contribution in [0.25, 0.3) is 0 Å². The van der Waals surface area contributed by atoms with Gasteiger partial charge in [-0.15, -0.1) is 0 Å². The van der Waals surface area contributed by atoms with Gasteiger partial charge in [-0.1, -0.05) is 136 Å². The zero-order valence-corrected chi connectivity index (χ0v) is 30.7. The van der Waals surface area contributed by atoms with Crippen LogP contribution in [0.5, 0.6) is 0 Å². The van der Waals surface area contributed by atoms with E-state index < -0.39 is 32.5 Å². The minimum Gasteiger partial charge on any atom is -0.756 e. The summed E-state index contributed by atoms with van der Waals surface area (Å²) in [7, 11) is 1.17. The average molecular weight is 664 g/mol. The third-order valence-electron chi connectivity index (χ3n) is 7.85. The van der Waals surface area contributed by atoms with Gasteiger partial charge in [0, 0.05) is 12.8 Å². The Morgan fingerprint density at radius 3 is 1.47 bits per heavy atom. The molecule has 0 aliphatic rings. The van der Waals surface area contributed by atoms with Crippen molar-refractivity contribution in [2.24, 2.45) is 0 Å². The van der Waals surface area contributed by atoms with Crippen molar-refractivity contribution in [1.82, 2.24) is 0 Å². The summed E-state index contributed by atoms with van der Waals surface area (Å²) in [4.78, 5) is 36.3. The molecule has 9 nitrogen and oxygen atoms in total. The standard InChI is InChI=1S/C35H70NO8P/c1-6-8-9-10-11-12-13-14-15-16-17-18-19-20-21-22-23-24-25-26-28-34(37)41-31-33(44-35(38)27-7-2)32-43-45(39,40)42-30-29-36(3,4)5/h33H,6-32H2,1-5H3/t33-/m1/s1. The van der Waals surface area contributed by atoms with E-state index >= 15 is 0 Å². The average Bonchev–Trinajstić information content (AvgIpc) is 2.97. The van der Waals surface area contributed by atoms with Gasteiger partial charge >= 0.3 is 11.9 Å². The van der Waals surface area contributed by atoms with Crippen LogP contribution in [0.3, 0.4) is 0 Å². The first-order chi connectivity index (χ1) is 21.5. The quantitative estimate of drug-likeness (QED) is 0.0297. The summed E-state index contributed by atoms with van der Waals surface area (Å²) in [6.07, 6.45) is 26.0. The molecule has 0 saturated carbocycles. The van der Waals surface area contributed by atoms with Crippen LogP contribution in [0.15, 0.2) is 0 Å². The second kappa shape index (κ2) is 29.2. The number of phosphoric ester groups is 1. The highest BCUT2D eigenvalue weighted by atomic mass is 31.2. The summed E-state index contributed by atoms with van der Waals surface area (Å²) in [5, 5.41) is 0. The Balaban J connectivity index is 3.87. The molecule has 0 amide bonds. The molecular formula is C35H70NO8P. The first-order valence-electron chi connectivity index (χ1n) is 18.2. The fraction of sp³-hybridized carbons (Fsp3) is 0.943. The summed E-state index contributed by atoms with van der Waals surface area (Å²) >= 11 is 0. The van der Waals surface area contributed by atoms with Crippen molar-refractivity contribution in [1.29, 1.82) is 0 Å². The monoisotopic (exact) mass is 663 g/mol. The normalized spacial score (nSPS) is 13.8. The Kier molecular flexibility index (Phi) is 28.5. The lowest BCUT2D eigenvalue weighted by molar-refractivity contribution is -0.870. The van der Waals surface area contributed by atoms with E-state index in [1.807, 2.05) is 28.1 Å². The van der Waals surface area contributed by atoms with Crippen LogP contribution in [0, 0.1) is 0 Å². The van der Waals surface area contributed by atoms with Crippen LogP contribution in [-0.4, -0.2) is 70.0 Å². The first-order valence-corrected chi connectivity index (χ1v) is 19.7. The number of nitrogens with zero attached hydrogens (tertiary/aromatic N) is 1. The fourth-order valence-corrected chi connectivity index (χ4v) is 5.71. The number of unbranched alkanes of at least 4 members (excludes halogenated alkanes) is 19. The predicted octanol–water partition coefficient (Wildman–Crippen LogP) is 8.66. The number of ether oxygens (including phenoxy) is 2. The van der Waals surface area contributed by atoms with Crippen LogP contribution in [0.4, 0.5) is 0 Å². The summed E-state index contributed by atoms with van der Waals surface area (Å²) < 4.78 is 33.0. The van der Waals surface area contributed by atoms with E-state index in [0.29, 0.717) is 17.4 Å². The molecular weight excluding hydrogens is 593 g/mol. The summed E-state index contributed by atoms with van der Waals surface area (Å²) in [6.45, 7) is 3.83. The lowest BCUT2D eigenvalue weighted by atomic mass is 10.0. The molecule has 45 heavy (non-hydrogen) atoms. The molecule has 0 radical (unpaired) electrons. The number of carbonyl (C=O) groups excluding carboxylic acids is 2. The molecule has 2 atom stereocenters. The number of esters is 2. The molecule has 0 aromatic heterocycles. The lowest BCUT2D eigenvalue weighted by Gasteiger charge is -2.28. The van der Waals surface area contributed by atoms with Gasteiger partial charge in [0.15, 0.2) is 6.10 Å². The van der Waals surface area contributed by atoms with Crippen LogP contribution >= 0.6 is 7.82 Å². The number of rotatable bonds is 33. The van der Waals surface area contributed by atoms with Gasteiger partial charge in [0.25, 0.3) is 7.82 Å². The smallest absolute Gasteiger partial charge is 0.306 e. The Labute approximate surface area is 276 Å². The minimum atomic E-state index is -4.58. The van der Waals surface area contributed by atoms with Crippen LogP contribution in [-0.2, 0) is 32.7 Å². The minimum absolute atomic E-state index is 0.0287. The van der Waals surface area contributed by atoms with E-state index in [1.54, 1.807) is 0 Å². The zero-order valence-electron chi connectivity index (χ0n) is 29.8. The molecule has 0 aliphatic heterocycles. The lowest BCUT2D eigenvalue weighted by Crippen LogP contribution is -2.37. The number of carbonyl (C=O) groups is 2. The van der Waals surface area contributed by atoms with Crippen LogP contribution in [0.1, 0.15) is 162 Å². The second-order valence-corrected chi connectivity index (χ2v) is 15.0. The van der Waals surface area contributed by atoms with Gasteiger partial charge in [-0.3, -0.25) is 14.2 Å². The Morgan fingerprint density at radius 1 is 0.600 bits per heavy atom. The third-order valence-corrected chi connectivity index (χ3v) is 8.81. The van der Waals surface area contributed by atoms with Gasteiger partial charge in [-0.25, -0.2) is 0 Å². The molecule has 0 bridgehead atoms. The van der Waals surface area contributed by atoms with Gasteiger partial charge < -0.3 is 27.9 Å². The van der Waals surface area contributed by atoms with Gasteiger partial charge in [-0.2, -0.15) is 0 Å². The van der Waals surface area contributed by atoms with Crippen LogP contribution in [0.2, 0.25) is 0 Å². The number of hydrogen-bond donors (Lipinski definition) is 0. The van der Waals surface area contributed by atoms with Crippen molar-refractivity contribution in [3.05, 3.63) is 0 Å². The maximum Gasteiger partial charge on any atom is 0.306 e. The molecule has 0 aromatic carbocycles. The molecule has 10 heteroatoms. The van der Waals surface area contributed by atoms with Crippen molar-refractivity contribution in [3.63, 3.8) is 0 Å². The number of phosphoric acid groups is 1. The maximum atomic E-state index is 12.2. The number of hydrogen-bond acceptors (Lipinski definition) is 8. The second-order valence-electron chi connectivity index (χ2n) is 13.6. The van der Waals surface area contributed by atoms with Crippen molar-refractivity contribution in [2.75, 3.05) is 47.5 Å². The highest BCUT2D eigenvalue weighted by Crippen LogP contribution is 2.38. The molecule has 0 rings (SSSR count). The molecule has 0 heterocycles. The Bertz CT molecular complexity index is 758. The Hall–Kier alpha value is -0.990. The van der Waals surface area contributed by atoms with E-state index in [9.17, 15) is 19.0 Å². The van der Waals surface area contributed by atoms with E-state index in [0.717, 1.165) is 19.3 Å². The van der Waals surface area contributed by atoms with Crippen molar-refractivity contribution in [3.8, 4) is 0 Å². The van der Waals surface area contributed by atoms with E-state index in [2.05, 4.69) is 6.92 Å². The molecule has 1 unspecified atom stereocenters. The van der Waals surface area contributed by atoms with Gasteiger partial charge in [-0.05, 0) is 12.8 Å². The molecule has 0 fully saturated rings. The van der Waals surface area contributed by atoms with E-state index in [-0.39, 0.29) is 26.1 Å². The van der Waals surface area contributed by atoms with Crippen molar-refractivity contribution >= 4 is 19.8 Å². The summed E-state index contributed by atoms with van der Waals surface area (Å²) in [5.41, 5.74) is 0. The highest BCUT2D eigenvalue weighted by Gasteiger charge is 2.21. The maximum absolute atomic E-state index is 12.2. The fourth-order valence-electron chi connectivity index (χ4n) is 4.99. The van der Waals surface area contributed by atoms with Gasteiger partial charge in [0.2, 0.25) is 0 Å². The van der Waals surface area contributed by atoms with E-state index in [1.165, 1.54) is 109 Å². The van der Waals surface area contributed by atoms with Gasteiger partial charge in [0.05, 0.1) is 27.7 Å². The third kappa shape index (κ3) is 32.7. The van der Waals surface area contributed by atoms with Crippen molar-refractivity contribution in [2.45, 2.75) is 168 Å². The van der Waals surface area contributed by atoms with E-state index in [4.69, 9.17) is 18.5 Å². The number of likely N-dealkylation sites (N-methyl/N-ethyl adjacent to an activating group) is 1. The molecule has 268 valence electrons. The van der Waals surface area contributed by atoms with Crippen LogP contribution < -0.4 is 4.89 Å². The number of quaternary nitrogens is 1. The predicted molar refractivity (Wildman–Crippen MR) is 181 cm³/mol. The Morgan fingerprint density at radius 2 is 1.04 bits per heavy atom. The highest BCUT2D eigenvalue weighted by molar-refractivity contribution is 7.45. The largest absolute Gasteiger partial charge is 0.756 e. The first kappa shape index (κ1) is 44.0. The summed E-state index contributed by atoms with van der Waals surface area (Å²) in [6, 6.07) is 0. The molecule has 0 N–H and O–H groups in total. The van der Waals surface area contributed by atoms with Crippen molar-refractivity contribution < 1.29 is 42.1 Å². The molecule has 0 saturated heterocycles. The summed E-state index contributed by atoms with van der Waals surface area (Å²) in [5.74, 6) is -0.888. The van der Waals surface area contributed by atoms with Gasteiger partial charge in [0.1, 0.15) is 19.8 Å². The topological polar surface area (TPSA) is 111 Å². The molecule has 0 spiro atoms. The zero-order chi connectivity index (χ0) is 33.7. The molecule has 0 aromatic rings.